The first-order chi connectivity index (χ1) is 9.13. The Kier molecular flexibility index (Phi) is 2.81. The van der Waals surface area contributed by atoms with Gasteiger partial charge in [-0.2, -0.15) is 0 Å². The summed E-state index contributed by atoms with van der Waals surface area (Å²) < 4.78 is 20.9. The summed E-state index contributed by atoms with van der Waals surface area (Å²) in [4.78, 5) is 11.9. The van der Waals surface area contributed by atoms with Crippen LogP contribution in [-0.2, 0) is 4.74 Å². The van der Waals surface area contributed by atoms with Gasteiger partial charge in [-0.25, -0.2) is 19.3 Å². The number of aromatic nitrogens is 4. The van der Waals surface area contributed by atoms with Crippen molar-refractivity contribution in [3.05, 3.63) is 12.7 Å². The minimum atomic E-state index is -1.47. The van der Waals surface area contributed by atoms with Crippen molar-refractivity contribution in [1.82, 2.24) is 19.5 Å². The Balaban J connectivity index is 2.04. The number of aliphatic hydroxyl groups is 1. The first kappa shape index (κ1) is 12.2. The Hall–Kier alpha value is -1.84. The summed E-state index contributed by atoms with van der Waals surface area (Å²) in [5, 5.41) is 9.08. The average Bonchev–Trinajstić information content (AvgIpc) is 2.94. The van der Waals surface area contributed by atoms with Crippen LogP contribution in [0.15, 0.2) is 12.7 Å². The Labute approximate surface area is 107 Å². The second kappa shape index (κ2) is 4.37. The number of nitrogens with zero attached hydrogens (tertiary/aromatic N) is 4. The van der Waals surface area contributed by atoms with Gasteiger partial charge in [0.15, 0.2) is 23.9 Å². The highest BCUT2D eigenvalue weighted by atomic mass is 19.1. The molecule has 0 amide bonds. The molecule has 9 heteroatoms. The monoisotopic (exact) mass is 268 g/mol. The molecule has 0 saturated carbocycles. The van der Waals surface area contributed by atoms with Crippen molar-refractivity contribution in [2.24, 2.45) is 5.73 Å². The standard InChI is InChI=1S/C10H13FN6O2/c11-5-6(12)4(1-18)19-10(5)17-3-16-7-8(13)14-2-15-9(7)17/h2-6,10,18H,1,12H2,(H2,13,14,15)/t4-,5-,6-,10-/m1/s1. The number of nitrogens with two attached hydrogens (primary N) is 2. The number of hydrogen-bond donors (Lipinski definition) is 3. The number of rotatable bonds is 2. The van der Waals surface area contributed by atoms with Gasteiger partial charge in [0.05, 0.1) is 19.0 Å². The molecule has 0 spiro atoms. The summed E-state index contributed by atoms with van der Waals surface area (Å²) in [5.41, 5.74) is 12.1. The highest BCUT2D eigenvalue weighted by Gasteiger charge is 2.44. The summed E-state index contributed by atoms with van der Waals surface area (Å²) in [5.74, 6) is 0.208. The number of fused-ring (bicyclic) bond motifs is 1. The molecule has 0 aromatic carbocycles. The van der Waals surface area contributed by atoms with Gasteiger partial charge in [0, 0.05) is 0 Å². The van der Waals surface area contributed by atoms with Crippen LogP contribution in [0.25, 0.3) is 11.2 Å². The molecule has 1 aliphatic heterocycles. The van der Waals surface area contributed by atoms with E-state index in [1.54, 1.807) is 0 Å². The van der Waals surface area contributed by atoms with Crippen LogP contribution in [0.4, 0.5) is 10.2 Å². The molecule has 5 N–H and O–H groups in total. The first-order valence-electron chi connectivity index (χ1n) is 5.72. The van der Waals surface area contributed by atoms with Crippen LogP contribution in [0.2, 0.25) is 0 Å². The molecule has 3 rings (SSSR count). The van der Waals surface area contributed by atoms with E-state index in [4.69, 9.17) is 21.3 Å². The van der Waals surface area contributed by atoms with Gasteiger partial charge in [-0.3, -0.25) is 4.57 Å². The minimum absolute atomic E-state index is 0.208. The van der Waals surface area contributed by atoms with Crippen LogP contribution in [0, 0.1) is 0 Å². The van der Waals surface area contributed by atoms with Crippen LogP contribution in [-0.4, -0.2) is 49.5 Å². The Bertz CT molecular complexity index is 605. The Morgan fingerprint density at radius 1 is 1.42 bits per heavy atom. The predicted molar refractivity (Wildman–Crippen MR) is 63.6 cm³/mol. The van der Waals surface area contributed by atoms with Gasteiger partial charge in [0.25, 0.3) is 0 Å². The van der Waals surface area contributed by atoms with Crippen molar-refractivity contribution in [2.45, 2.75) is 24.5 Å². The quantitative estimate of drug-likeness (QED) is 0.635. The van der Waals surface area contributed by atoms with E-state index in [9.17, 15) is 4.39 Å². The van der Waals surface area contributed by atoms with E-state index in [1.807, 2.05) is 0 Å². The predicted octanol–water partition coefficient (Wildman–Crippen LogP) is -1.04. The highest BCUT2D eigenvalue weighted by Crippen LogP contribution is 2.32. The average molecular weight is 268 g/mol. The SMILES string of the molecule is Nc1ncnc2c1ncn2[C@@H]1O[C@H](CO)[C@@H](N)[C@H]1F. The molecule has 2 aromatic heterocycles. The molecule has 3 heterocycles. The molecular weight excluding hydrogens is 255 g/mol. The molecule has 19 heavy (non-hydrogen) atoms. The molecule has 1 fully saturated rings. The van der Waals surface area contributed by atoms with Gasteiger partial charge in [-0.05, 0) is 0 Å². The fraction of sp³-hybridized carbons (Fsp3) is 0.500. The fourth-order valence-electron chi connectivity index (χ4n) is 2.18. The summed E-state index contributed by atoms with van der Waals surface area (Å²) in [6.07, 6.45) is -0.560. The summed E-state index contributed by atoms with van der Waals surface area (Å²) in [6.45, 7) is -0.345. The molecule has 0 radical (unpaired) electrons. The maximum Gasteiger partial charge on any atom is 0.170 e. The number of nitrogen functional groups attached to an aromatic ring is 1. The molecule has 0 bridgehead atoms. The van der Waals surface area contributed by atoms with Gasteiger partial charge in [0.1, 0.15) is 17.9 Å². The molecule has 102 valence electrons. The van der Waals surface area contributed by atoms with Gasteiger partial charge in [0.2, 0.25) is 0 Å². The third-order valence-electron chi connectivity index (χ3n) is 3.22. The Morgan fingerprint density at radius 3 is 2.89 bits per heavy atom. The van der Waals surface area contributed by atoms with E-state index in [-0.39, 0.29) is 12.4 Å². The number of aliphatic hydroxyl groups excluding tert-OH is 1. The second-order valence-corrected chi connectivity index (χ2v) is 4.35. The van der Waals surface area contributed by atoms with Crippen LogP contribution >= 0.6 is 0 Å². The number of alkyl halides is 1. The number of imidazole rings is 1. The van der Waals surface area contributed by atoms with Crippen molar-refractivity contribution in [3.8, 4) is 0 Å². The van der Waals surface area contributed by atoms with Crippen molar-refractivity contribution in [1.29, 1.82) is 0 Å². The molecule has 0 aliphatic carbocycles. The number of ether oxygens (including phenoxy) is 1. The fourth-order valence-corrected chi connectivity index (χ4v) is 2.18. The van der Waals surface area contributed by atoms with E-state index in [2.05, 4.69) is 15.0 Å². The molecule has 1 aliphatic rings. The topological polar surface area (TPSA) is 125 Å². The van der Waals surface area contributed by atoms with Gasteiger partial charge in [-0.1, -0.05) is 0 Å². The van der Waals surface area contributed by atoms with E-state index >= 15 is 0 Å². The lowest BCUT2D eigenvalue weighted by Crippen LogP contribution is -2.39. The lowest BCUT2D eigenvalue weighted by atomic mass is 10.1. The van der Waals surface area contributed by atoms with E-state index in [0.717, 1.165) is 0 Å². The van der Waals surface area contributed by atoms with Crippen molar-refractivity contribution in [3.63, 3.8) is 0 Å². The zero-order valence-corrected chi connectivity index (χ0v) is 9.85. The van der Waals surface area contributed by atoms with Crippen molar-refractivity contribution < 1.29 is 14.2 Å². The first-order valence-corrected chi connectivity index (χ1v) is 5.72. The molecule has 4 atom stereocenters. The zero-order chi connectivity index (χ0) is 13.6. The van der Waals surface area contributed by atoms with E-state index < -0.39 is 24.5 Å². The highest BCUT2D eigenvalue weighted by molar-refractivity contribution is 5.81. The molecular formula is C10H13FN6O2. The minimum Gasteiger partial charge on any atom is -0.394 e. The third kappa shape index (κ3) is 1.74. The molecule has 2 aromatic rings. The molecule has 8 nitrogen and oxygen atoms in total. The summed E-state index contributed by atoms with van der Waals surface area (Å²) in [6, 6.07) is -0.897. The Morgan fingerprint density at radius 2 is 2.21 bits per heavy atom. The van der Waals surface area contributed by atoms with Crippen LogP contribution in [0.3, 0.4) is 0 Å². The summed E-state index contributed by atoms with van der Waals surface area (Å²) in [7, 11) is 0. The molecule has 1 saturated heterocycles. The maximum absolute atomic E-state index is 14.1. The van der Waals surface area contributed by atoms with Crippen LogP contribution in [0.5, 0.6) is 0 Å². The lowest BCUT2D eigenvalue weighted by Gasteiger charge is -2.15. The van der Waals surface area contributed by atoms with E-state index in [1.165, 1.54) is 17.2 Å². The summed E-state index contributed by atoms with van der Waals surface area (Å²) >= 11 is 0. The number of halogens is 1. The largest absolute Gasteiger partial charge is 0.394 e. The normalized spacial score (nSPS) is 31.1. The van der Waals surface area contributed by atoms with Crippen molar-refractivity contribution in [2.75, 3.05) is 12.3 Å². The zero-order valence-electron chi connectivity index (χ0n) is 9.85. The second-order valence-electron chi connectivity index (χ2n) is 4.35. The van der Waals surface area contributed by atoms with Crippen LogP contribution < -0.4 is 11.5 Å². The lowest BCUT2D eigenvalue weighted by molar-refractivity contribution is -0.0360. The van der Waals surface area contributed by atoms with Gasteiger partial charge >= 0.3 is 0 Å². The molecule has 0 unspecified atom stereocenters. The van der Waals surface area contributed by atoms with E-state index in [0.29, 0.717) is 11.2 Å². The third-order valence-corrected chi connectivity index (χ3v) is 3.22. The maximum atomic E-state index is 14.1. The van der Waals surface area contributed by atoms with Gasteiger partial charge < -0.3 is 21.3 Å². The van der Waals surface area contributed by atoms with Gasteiger partial charge in [-0.15, -0.1) is 0 Å². The number of anilines is 1. The smallest absolute Gasteiger partial charge is 0.170 e. The van der Waals surface area contributed by atoms with Crippen LogP contribution in [0.1, 0.15) is 6.23 Å². The van der Waals surface area contributed by atoms with Crippen molar-refractivity contribution >= 4 is 17.0 Å². The number of hydrogen-bond acceptors (Lipinski definition) is 7.